The third-order valence-electron chi connectivity index (χ3n) is 8.42. The maximum atomic E-state index is 13.9. The zero-order chi connectivity index (χ0) is 29.1. The first-order valence-electron chi connectivity index (χ1n) is 14.8. The Labute approximate surface area is 251 Å². The van der Waals surface area contributed by atoms with Crippen LogP contribution in [0.25, 0.3) is 22.5 Å². The van der Waals surface area contributed by atoms with Gasteiger partial charge in [0.2, 0.25) is 0 Å². The average Bonchev–Trinajstić information content (AvgIpc) is 3.51. The molecule has 2 aromatic heterocycles. The van der Waals surface area contributed by atoms with E-state index in [0.29, 0.717) is 6.61 Å². The summed E-state index contributed by atoms with van der Waals surface area (Å²) in [5.74, 6) is 0.757. The lowest BCUT2D eigenvalue weighted by atomic mass is 9.78. The molecule has 0 radical (unpaired) electrons. The van der Waals surface area contributed by atoms with Crippen LogP contribution in [-0.4, -0.2) is 21.1 Å². The van der Waals surface area contributed by atoms with Gasteiger partial charge in [-0.1, -0.05) is 91.0 Å². The molecule has 0 fully saturated rings. The largest absolute Gasteiger partial charge is 0.359 e. The molecular formula is C38H32FN3O. The van der Waals surface area contributed by atoms with Crippen molar-refractivity contribution in [2.75, 3.05) is 6.61 Å². The number of halogens is 1. The molecule has 43 heavy (non-hydrogen) atoms. The number of rotatable bonds is 8. The minimum atomic E-state index is -0.776. The maximum absolute atomic E-state index is 13.9. The summed E-state index contributed by atoms with van der Waals surface area (Å²) < 4.78 is 23.5. The van der Waals surface area contributed by atoms with Gasteiger partial charge in [-0.25, -0.2) is 9.37 Å². The van der Waals surface area contributed by atoms with Crippen LogP contribution >= 0.6 is 0 Å². The van der Waals surface area contributed by atoms with Gasteiger partial charge in [0.05, 0.1) is 24.0 Å². The predicted octanol–water partition coefficient (Wildman–Crippen LogP) is 8.64. The van der Waals surface area contributed by atoms with E-state index in [1.54, 1.807) is 24.5 Å². The number of imidazole rings is 1. The van der Waals surface area contributed by atoms with Gasteiger partial charge in [0, 0.05) is 29.9 Å². The van der Waals surface area contributed by atoms with Crippen molar-refractivity contribution in [1.29, 1.82) is 0 Å². The summed E-state index contributed by atoms with van der Waals surface area (Å²) in [5, 5.41) is 0. The zero-order valence-electron chi connectivity index (χ0n) is 23.8. The van der Waals surface area contributed by atoms with Crippen molar-refractivity contribution in [1.82, 2.24) is 14.5 Å². The first-order valence-corrected chi connectivity index (χ1v) is 14.8. The molecule has 3 heterocycles. The first-order chi connectivity index (χ1) is 21.2. The van der Waals surface area contributed by atoms with Crippen molar-refractivity contribution >= 4 is 0 Å². The highest BCUT2D eigenvalue weighted by molar-refractivity contribution is 5.79. The van der Waals surface area contributed by atoms with Gasteiger partial charge in [0.1, 0.15) is 17.2 Å². The smallest absolute Gasteiger partial charge is 0.140 e. The van der Waals surface area contributed by atoms with Crippen LogP contribution in [0.1, 0.15) is 35.8 Å². The second kappa shape index (κ2) is 11.8. The summed E-state index contributed by atoms with van der Waals surface area (Å²) >= 11 is 0. The fraction of sp³-hybridized carbons (Fsp3) is 0.158. The molecular weight excluding hydrogens is 533 g/mol. The van der Waals surface area contributed by atoms with Crippen molar-refractivity contribution in [2.45, 2.75) is 30.9 Å². The van der Waals surface area contributed by atoms with Crippen LogP contribution in [0.15, 0.2) is 145 Å². The summed E-state index contributed by atoms with van der Waals surface area (Å²) in [6.45, 7) is 0.485. The lowest BCUT2D eigenvalue weighted by molar-refractivity contribution is -0.00828. The minimum Gasteiger partial charge on any atom is -0.359 e. The van der Waals surface area contributed by atoms with Gasteiger partial charge >= 0.3 is 0 Å². The van der Waals surface area contributed by atoms with E-state index in [2.05, 4.69) is 88.5 Å². The van der Waals surface area contributed by atoms with Gasteiger partial charge in [-0.05, 0) is 65.9 Å². The summed E-state index contributed by atoms with van der Waals surface area (Å²) in [4.78, 5) is 9.37. The number of hydrogen-bond acceptors (Lipinski definition) is 3. The van der Waals surface area contributed by atoms with Crippen molar-refractivity contribution < 1.29 is 9.13 Å². The van der Waals surface area contributed by atoms with Crippen LogP contribution in [0.2, 0.25) is 0 Å². The van der Waals surface area contributed by atoms with Gasteiger partial charge in [0.15, 0.2) is 0 Å². The molecule has 5 aromatic rings. The number of aryl methyl sites for hydroxylation is 1. The number of nitrogens with zero attached hydrogens (tertiary/aromatic N) is 3. The Kier molecular flexibility index (Phi) is 7.40. The third kappa shape index (κ3) is 5.06. The molecule has 0 N–H and O–H groups in total. The highest BCUT2D eigenvalue weighted by Crippen LogP contribution is 2.45. The number of ether oxygens (including phenoxy) is 1. The number of pyridine rings is 1. The fourth-order valence-electron chi connectivity index (χ4n) is 6.43. The van der Waals surface area contributed by atoms with Crippen molar-refractivity contribution in [3.63, 3.8) is 0 Å². The molecule has 3 aromatic carbocycles. The van der Waals surface area contributed by atoms with E-state index in [4.69, 9.17) is 9.72 Å². The third-order valence-corrected chi connectivity index (χ3v) is 8.42. The molecule has 7 rings (SSSR count). The molecule has 0 spiro atoms. The Hall–Kier alpha value is -4.87. The summed E-state index contributed by atoms with van der Waals surface area (Å²) in [7, 11) is 0. The standard InChI is InChI=1S/C38H32FN3O/c39-33-19-17-28(18-20-33)36-37(29-23-25-40-26-24-29)42-34(21-22-35(42)41-36)27-43-38(31-13-7-3-8-14-31,32-15-9-4-10-16-32)30-11-5-1-2-6-12-30/h1-11,13-20,23-26,34H,12,21-22,27H2/t34-/m0/s1. The second-order valence-corrected chi connectivity index (χ2v) is 11.0. The lowest BCUT2D eigenvalue weighted by Crippen LogP contribution is -2.35. The molecule has 4 nitrogen and oxygen atoms in total. The first kappa shape index (κ1) is 27.0. The highest BCUT2D eigenvalue weighted by atomic mass is 19.1. The second-order valence-electron chi connectivity index (χ2n) is 11.0. The Morgan fingerprint density at radius 3 is 2.19 bits per heavy atom. The number of fused-ring (bicyclic) bond motifs is 1. The fourth-order valence-corrected chi connectivity index (χ4v) is 6.43. The average molecular weight is 566 g/mol. The van der Waals surface area contributed by atoms with E-state index in [9.17, 15) is 4.39 Å². The maximum Gasteiger partial charge on any atom is 0.140 e. The lowest BCUT2D eigenvalue weighted by Gasteiger charge is -2.38. The monoisotopic (exact) mass is 565 g/mol. The molecule has 0 unspecified atom stereocenters. The van der Waals surface area contributed by atoms with Crippen LogP contribution in [-0.2, 0) is 16.8 Å². The topological polar surface area (TPSA) is 39.9 Å². The molecule has 212 valence electrons. The number of hydrogen-bond donors (Lipinski definition) is 0. The Morgan fingerprint density at radius 2 is 1.49 bits per heavy atom. The number of aromatic nitrogens is 3. The normalized spacial score (nSPS) is 16.1. The SMILES string of the molecule is Fc1ccc(-c2nc3n(c2-c2ccncc2)[C@H](COC(C2=CC=CC=CC2)(c2ccccc2)c2ccccc2)CC3)cc1. The zero-order valence-corrected chi connectivity index (χ0v) is 23.8. The van der Waals surface area contributed by atoms with Crippen LogP contribution in [0.4, 0.5) is 4.39 Å². The van der Waals surface area contributed by atoms with Crippen molar-refractivity contribution in [3.8, 4) is 22.5 Å². The van der Waals surface area contributed by atoms with Crippen molar-refractivity contribution in [3.05, 3.63) is 168 Å². The Bertz CT molecular complexity index is 1750. The highest BCUT2D eigenvalue weighted by Gasteiger charge is 2.41. The number of allylic oxidation sites excluding steroid dienone is 5. The van der Waals surface area contributed by atoms with Gasteiger partial charge < -0.3 is 9.30 Å². The Morgan fingerprint density at radius 1 is 0.791 bits per heavy atom. The summed E-state index contributed by atoms with van der Waals surface area (Å²) in [5.41, 5.74) is 6.38. The van der Waals surface area contributed by atoms with E-state index >= 15 is 0 Å². The van der Waals surface area contributed by atoms with Crippen LogP contribution < -0.4 is 0 Å². The van der Waals surface area contributed by atoms with Crippen LogP contribution in [0.3, 0.4) is 0 Å². The van der Waals surface area contributed by atoms with Gasteiger partial charge in [-0.15, -0.1) is 0 Å². The van der Waals surface area contributed by atoms with E-state index in [-0.39, 0.29) is 11.9 Å². The molecule has 0 amide bonds. The molecule has 2 aliphatic rings. The molecule has 0 saturated carbocycles. The van der Waals surface area contributed by atoms with Crippen LogP contribution in [0, 0.1) is 5.82 Å². The minimum absolute atomic E-state index is 0.0594. The molecule has 0 bridgehead atoms. The Balaban J connectivity index is 1.34. The van der Waals surface area contributed by atoms with Gasteiger partial charge in [-0.3, -0.25) is 4.98 Å². The van der Waals surface area contributed by atoms with Gasteiger partial charge in [-0.2, -0.15) is 0 Å². The van der Waals surface area contributed by atoms with Gasteiger partial charge in [0.25, 0.3) is 0 Å². The van der Waals surface area contributed by atoms with E-state index < -0.39 is 5.60 Å². The summed E-state index contributed by atoms with van der Waals surface area (Å²) in [6, 6.07) is 31.8. The molecule has 0 saturated heterocycles. The molecule has 1 aliphatic heterocycles. The van der Waals surface area contributed by atoms with E-state index in [1.807, 2.05) is 24.3 Å². The number of benzene rings is 3. The molecule has 1 aliphatic carbocycles. The quantitative estimate of drug-likeness (QED) is 0.189. The van der Waals surface area contributed by atoms with E-state index in [1.165, 1.54) is 17.7 Å². The van der Waals surface area contributed by atoms with Crippen molar-refractivity contribution in [2.24, 2.45) is 0 Å². The van der Waals surface area contributed by atoms with E-state index in [0.717, 1.165) is 58.7 Å². The predicted molar refractivity (Wildman–Crippen MR) is 169 cm³/mol. The summed E-state index contributed by atoms with van der Waals surface area (Å²) in [6.07, 6.45) is 16.8. The molecule has 5 heteroatoms. The molecule has 1 atom stereocenters. The van der Waals surface area contributed by atoms with Crippen LogP contribution in [0.5, 0.6) is 0 Å².